The van der Waals surface area contributed by atoms with Gasteiger partial charge < -0.3 is 11.5 Å². The van der Waals surface area contributed by atoms with Crippen LogP contribution in [0.4, 0.5) is 0 Å². The number of rotatable bonds is 6. The predicted octanol–water partition coefficient (Wildman–Crippen LogP) is 2.27. The summed E-state index contributed by atoms with van der Waals surface area (Å²) < 4.78 is 0. The first kappa shape index (κ1) is 12.9. The van der Waals surface area contributed by atoms with Gasteiger partial charge in [0.15, 0.2) is 0 Å². The van der Waals surface area contributed by atoms with Gasteiger partial charge in [-0.3, -0.25) is 0 Å². The van der Waals surface area contributed by atoms with Gasteiger partial charge in [0.2, 0.25) is 0 Å². The van der Waals surface area contributed by atoms with Crippen molar-refractivity contribution in [3.05, 3.63) is 0 Å². The molecule has 0 unspecified atom stereocenters. The van der Waals surface area contributed by atoms with E-state index >= 15 is 0 Å². The number of hydrogen-bond donors (Lipinski definition) is 2. The monoisotopic (exact) mass is 186 g/mol. The second kappa shape index (κ2) is 4.97. The van der Waals surface area contributed by atoms with E-state index in [9.17, 15) is 0 Å². The molecule has 0 bridgehead atoms. The van der Waals surface area contributed by atoms with Gasteiger partial charge in [-0.05, 0) is 38.6 Å². The van der Waals surface area contributed by atoms with Gasteiger partial charge in [0.1, 0.15) is 0 Å². The standard InChI is InChI=1S/C11H26N2/c1-10(2,11(3,4)13)8-6-5-7-9-12/h5-9,12-13H2,1-4H3. The molecule has 0 rings (SSSR count). The van der Waals surface area contributed by atoms with Gasteiger partial charge in [0, 0.05) is 5.54 Å². The van der Waals surface area contributed by atoms with E-state index in [1.807, 2.05) is 0 Å². The van der Waals surface area contributed by atoms with Crippen LogP contribution in [0.2, 0.25) is 0 Å². The number of unbranched alkanes of at least 4 members (excludes halogenated alkanes) is 2. The molecular weight excluding hydrogens is 160 g/mol. The highest BCUT2D eigenvalue weighted by molar-refractivity contribution is 4.89. The Balaban J connectivity index is 3.77. The van der Waals surface area contributed by atoms with E-state index < -0.39 is 0 Å². The summed E-state index contributed by atoms with van der Waals surface area (Å²) in [6, 6.07) is 0. The SMILES string of the molecule is CC(C)(N)C(C)(C)CCCCCN. The van der Waals surface area contributed by atoms with Crippen molar-refractivity contribution in [2.75, 3.05) is 6.54 Å². The number of hydrogen-bond acceptors (Lipinski definition) is 2. The zero-order valence-electron chi connectivity index (χ0n) is 9.69. The molecular formula is C11H26N2. The normalized spacial score (nSPS) is 13.4. The Labute approximate surface area is 83.1 Å². The van der Waals surface area contributed by atoms with Crippen LogP contribution in [0, 0.1) is 5.41 Å². The molecule has 0 atom stereocenters. The second-order valence-electron chi connectivity index (χ2n) is 5.20. The summed E-state index contributed by atoms with van der Waals surface area (Å²) in [4.78, 5) is 0. The third-order valence-corrected chi connectivity index (χ3v) is 3.25. The van der Waals surface area contributed by atoms with Crippen LogP contribution in [-0.4, -0.2) is 12.1 Å². The molecule has 80 valence electrons. The Morgan fingerprint density at radius 3 is 1.85 bits per heavy atom. The Hall–Kier alpha value is -0.0800. The highest BCUT2D eigenvalue weighted by Gasteiger charge is 2.32. The molecule has 0 saturated carbocycles. The molecule has 0 aromatic carbocycles. The molecule has 0 aliphatic rings. The molecule has 0 heterocycles. The molecule has 0 aliphatic carbocycles. The van der Waals surface area contributed by atoms with Gasteiger partial charge in [-0.1, -0.05) is 26.7 Å². The molecule has 0 radical (unpaired) electrons. The van der Waals surface area contributed by atoms with Crippen molar-refractivity contribution >= 4 is 0 Å². The molecule has 4 N–H and O–H groups in total. The molecule has 2 nitrogen and oxygen atoms in total. The summed E-state index contributed by atoms with van der Waals surface area (Å²) in [6.07, 6.45) is 4.80. The average molecular weight is 186 g/mol. The van der Waals surface area contributed by atoms with Crippen molar-refractivity contribution < 1.29 is 0 Å². The maximum Gasteiger partial charge on any atom is 0.0148 e. The fourth-order valence-electron chi connectivity index (χ4n) is 1.21. The van der Waals surface area contributed by atoms with E-state index in [0.717, 1.165) is 13.0 Å². The second-order valence-corrected chi connectivity index (χ2v) is 5.20. The van der Waals surface area contributed by atoms with Crippen molar-refractivity contribution in [2.45, 2.75) is 58.9 Å². The van der Waals surface area contributed by atoms with Crippen LogP contribution in [0.5, 0.6) is 0 Å². The quantitative estimate of drug-likeness (QED) is 0.625. The van der Waals surface area contributed by atoms with Gasteiger partial charge in [-0.2, -0.15) is 0 Å². The van der Waals surface area contributed by atoms with Crippen molar-refractivity contribution in [1.29, 1.82) is 0 Å². The lowest BCUT2D eigenvalue weighted by Gasteiger charge is -2.38. The first-order chi connectivity index (χ1) is 5.81. The highest BCUT2D eigenvalue weighted by Crippen LogP contribution is 2.33. The van der Waals surface area contributed by atoms with Crippen LogP contribution in [0.1, 0.15) is 53.4 Å². The minimum atomic E-state index is -0.0876. The van der Waals surface area contributed by atoms with Crippen molar-refractivity contribution in [3.63, 3.8) is 0 Å². The first-order valence-corrected chi connectivity index (χ1v) is 5.30. The van der Waals surface area contributed by atoms with Crippen LogP contribution in [-0.2, 0) is 0 Å². The van der Waals surface area contributed by atoms with Gasteiger partial charge in [-0.25, -0.2) is 0 Å². The Morgan fingerprint density at radius 1 is 0.923 bits per heavy atom. The zero-order valence-corrected chi connectivity index (χ0v) is 9.69. The fraction of sp³-hybridized carbons (Fsp3) is 1.00. The van der Waals surface area contributed by atoms with E-state index in [0.29, 0.717) is 0 Å². The van der Waals surface area contributed by atoms with Crippen LogP contribution in [0.15, 0.2) is 0 Å². The average Bonchev–Trinajstić information content (AvgIpc) is 1.96. The summed E-state index contributed by atoms with van der Waals surface area (Å²) in [6.45, 7) is 9.52. The highest BCUT2D eigenvalue weighted by atomic mass is 14.7. The largest absolute Gasteiger partial charge is 0.330 e. The van der Waals surface area contributed by atoms with Gasteiger partial charge in [-0.15, -0.1) is 0 Å². The summed E-state index contributed by atoms with van der Waals surface area (Å²) in [5, 5.41) is 0. The minimum absolute atomic E-state index is 0.0876. The fourth-order valence-corrected chi connectivity index (χ4v) is 1.21. The summed E-state index contributed by atoms with van der Waals surface area (Å²) in [5.41, 5.74) is 11.7. The van der Waals surface area contributed by atoms with E-state index in [1.165, 1.54) is 19.3 Å². The lowest BCUT2D eigenvalue weighted by atomic mass is 9.72. The predicted molar refractivity (Wildman–Crippen MR) is 59.6 cm³/mol. The third kappa shape index (κ3) is 4.63. The smallest absolute Gasteiger partial charge is 0.0148 e. The van der Waals surface area contributed by atoms with Gasteiger partial charge >= 0.3 is 0 Å². The first-order valence-electron chi connectivity index (χ1n) is 5.30. The van der Waals surface area contributed by atoms with E-state index in [-0.39, 0.29) is 11.0 Å². The molecule has 2 heteroatoms. The lowest BCUT2D eigenvalue weighted by molar-refractivity contribution is 0.180. The number of nitrogens with two attached hydrogens (primary N) is 2. The van der Waals surface area contributed by atoms with E-state index in [2.05, 4.69) is 27.7 Å². The molecule has 0 fully saturated rings. The molecule has 0 saturated heterocycles. The summed E-state index contributed by atoms with van der Waals surface area (Å²) in [7, 11) is 0. The van der Waals surface area contributed by atoms with Gasteiger partial charge in [0.05, 0.1) is 0 Å². The Morgan fingerprint density at radius 2 is 1.46 bits per heavy atom. The minimum Gasteiger partial charge on any atom is -0.330 e. The molecule has 0 spiro atoms. The van der Waals surface area contributed by atoms with Crippen LogP contribution >= 0.6 is 0 Å². The van der Waals surface area contributed by atoms with E-state index in [4.69, 9.17) is 11.5 Å². The Kier molecular flexibility index (Phi) is 4.93. The molecule has 0 amide bonds. The summed E-state index contributed by atoms with van der Waals surface area (Å²) in [5.74, 6) is 0. The van der Waals surface area contributed by atoms with Crippen LogP contribution < -0.4 is 11.5 Å². The lowest BCUT2D eigenvalue weighted by Crippen LogP contribution is -2.47. The molecule has 0 aliphatic heterocycles. The Bertz CT molecular complexity index is 134. The third-order valence-electron chi connectivity index (χ3n) is 3.25. The van der Waals surface area contributed by atoms with Gasteiger partial charge in [0.25, 0.3) is 0 Å². The van der Waals surface area contributed by atoms with Crippen molar-refractivity contribution in [2.24, 2.45) is 16.9 Å². The van der Waals surface area contributed by atoms with Crippen molar-refractivity contribution in [1.82, 2.24) is 0 Å². The molecule has 0 aromatic rings. The summed E-state index contributed by atoms with van der Waals surface area (Å²) >= 11 is 0. The maximum atomic E-state index is 6.10. The molecule has 13 heavy (non-hydrogen) atoms. The van der Waals surface area contributed by atoms with Crippen molar-refractivity contribution in [3.8, 4) is 0 Å². The maximum absolute atomic E-state index is 6.10. The zero-order chi connectivity index (χ0) is 10.5. The van der Waals surface area contributed by atoms with Crippen LogP contribution in [0.25, 0.3) is 0 Å². The van der Waals surface area contributed by atoms with Crippen LogP contribution in [0.3, 0.4) is 0 Å². The van der Waals surface area contributed by atoms with E-state index in [1.54, 1.807) is 0 Å². The molecule has 0 aromatic heterocycles. The topological polar surface area (TPSA) is 52.0 Å².